The SMILES string of the molecule is Cc1nn(C)c(NC(=O)COC(C)(C)C)c1N. The number of nitrogens with two attached hydrogens (primary N) is 1. The Morgan fingerprint density at radius 2 is 2.12 bits per heavy atom. The van der Waals surface area contributed by atoms with E-state index < -0.39 is 0 Å². The molecule has 0 aromatic carbocycles. The third-order valence-electron chi connectivity index (χ3n) is 2.16. The van der Waals surface area contributed by atoms with E-state index in [9.17, 15) is 4.79 Å². The van der Waals surface area contributed by atoms with Crippen LogP contribution in [0.1, 0.15) is 26.5 Å². The van der Waals surface area contributed by atoms with Gasteiger partial charge in [0.1, 0.15) is 6.61 Å². The van der Waals surface area contributed by atoms with Crippen LogP contribution in [-0.2, 0) is 16.6 Å². The highest BCUT2D eigenvalue weighted by Crippen LogP contribution is 2.20. The van der Waals surface area contributed by atoms with E-state index in [1.165, 1.54) is 0 Å². The zero-order valence-electron chi connectivity index (χ0n) is 11.0. The average molecular weight is 240 g/mol. The minimum Gasteiger partial charge on any atom is -0.394 e. The maximum absolute atomic E-state index is 11.6. The van der Waals surface area contributed by atoms with Crippen molar-refractivity contribution in [1.29, 1.82) is 0 Å². The molecule has 0 aliphatic rings. The van der Waals surface area contributed by atoms with E-state index in [0.29, 0.717) is 17.2 Å². The Balaban J connectivity index is 2.63. The second-order valence-corrected chi connectivity index (χ2v) is 4.92. The van der Waals surface area contributed by atoms with Gasteiger partial charge in [-0.3, -0.25) is 9.48 Å². The van der Waals surface area contributed by atoms with Gasteiger partial charge in [0.25, 0.3) is 5.91 Å². The zero-order chi connectivity index (χ0) is 13.2. The summed E-state index contributed by atoms with van der Waals surface area (Å²) in [5.41, 5.74) is 6.63. The number of aryl methyl sites for hydroxylation is 2. The van der Waals surface area contributed by atoms with Gasteiger partial charge in [-0.05, 0) is 27.7 Å². The molecule has 1 heterocycles. The van der Waals surface area contributed by atoms with Crippen LogP contribution in [0.25, 0.3) is 0 Å². The van der Waals surface area contributed by atoms with Gasteiger partial charge in [-0.15, -0.1) is 0 Å². The van der Waals surface area contributed by atoms with Gasteiger partial charge in [-0.1, -0.05) is 0 Å². The molecule has 1 aromatic heterocycles. The first kappa shape index (κ1) is 13.5. The van der Waals surface area contributed by atoms with Crippen LogP contribution in [0.3, 0.4) is 0 Å². The average Bonchev–Trinajstić information content (AvgIpc) is 2.41. The molecule has 96 valence electrons. The van der Waals surface area contributed by atoms with Crippen LogP contribution in [0.5, 0.6) is 0 Å². The standard InChI is InChI=1S/C11H20N4O2/c1-7-9(12)10(15(5)14-7)13-8(16)6-17-11(2,3)4/h6,12H2,1-5H3,(H,13,16). The van der Waals surface area contributed by atoms with Gasteiger partial charge in [-0.25, -0.2) is 0 Å². The molecule has 17 heavy (non-hydrogen) atoms. The van der Waals surface area contributed by atoms with Gasteiger partial charge in [0.05, 0.1) is 17.0 Å². The van der Waals surface area contributed by atoms with Crippen molar-refractivity contribution in [2.75, 3.05) is 17.7 Å². The van der Waals surface area contributed by atoms with Crippen molar-refractivity contribution < 1.29 is 9.53 Å². The fraction of sp³-hybridized carbons (Fsp3) is 0.636. The number of nitrogens with zero attached hydrogens (tertiary/aromatic N) is 2. The summed E-state index contributed by atoms with van der Waals surface area (Å²) in [4.78, 5) is 11.6. The largest absolute Gasteiger partial charge is 0.394 e. The van der Waals surface area contributed by atoms with Crippen LogP contribution in [-0.4, -0.2) is 27.9 Å². The molecular formula is C11H20N4O2. The second kappa shape index (κ2) is 4.75. The highest BCUT2D eigenvalue weighted by atomic mass is 16.5. The molecule has 0 aliphatic heterocycles. The summed E-state index contributed by atoms with van der Waals surface area (Å²) >= 11 is 0. The van der Waals surface area contributed by atoms with Crippen LogP contribution in [0.2, 0.25) is 0 Å². The smallest absolute Gasteiger partial charge is 0.251 e. The maximum Gasteiger partial charge on any atom is 0.251 e. The van der Waals surface area contributed by atoms with Crippen molar-refractivity contribution in [2.45, 2.75) is 33.3 Å². The number of hydrogen-bond acceptors (Lipinski definition) is 4. The number of aromatic nitrogens is 2. The number of rotatable bonds is 3. The van der Waals surface area contributed by atoms with Gasteiger partial charge in [-0.2, -0.15) is 5.10 Å². The van der Waals surface area contributed by atoms with Crippen molar-refractivity contribution >= 4 is 17.4 Å². The summed E-state index contributed by atoms with van der Waals surface area (Å²) in [6.07, 6.45) is 0. The Morgan fingerprint density at radius 3 is 2.53 bits per heavy atom. The highest BCUT2D eigenvalue weighted by Gasteiger charge is 2.16. The van der Waals surface area contributed by atoms with E-state index in [-0.39, 0.29) is 18.1 Å². The quantitative estimate of drug-likeness (QED) is 0.827. The molecule has 0 radical (unpaired) electrons. The first-order chi connectivity index (χ1) is 7.70. The van der Waals surface area contributed by atoms with Gasteiger partial charge >= 0.3 is 0 Å². The van der Waals surface area contributed by atoms with E-state index in [1.54, 1.807) is 18.7 Å². The molecule has 0 saturated carbocycles. The summed E-state index contributed by atoms with van der Waals surface area (Å²) in [5, 5.41) is 6.79. The number of anilines is 2. The molecular weight excluding hydrogens is 220 g/mol. The third-order valence-corrected chi connectivity index (χ3v) is 2.16. The van der Waals surface area contributed by atoms with Crippen LogP contribution in [0.15, 0.2) is 0 Å². The number of amides is 1. The lowest BCUT2D eigenvalue weighted by Gasteiger charge is -2.19. The lowest BCUT2D eigenvalue weighted by Crippen LogP contribution is -2.27. The summed E-state index contributed by atoms with van der Waals surface area (Å²) in [6.45, 7) is 7.46. The fourth-order valence-corrected chi connectivity index (χ4v) is 1.27. The van der Waals surface area contributed by atoms with Crippen molar-refractivity contribution in [2.24, 2.45) is 7.05 Å². The lowest BCUT2D eigenvalue weighted by molar-refractivity contribution is -0.125. The Hall–Kier alpha value is -1.56. The molecule has 6 nitrogen and oxygen atoms in total. The van der Waals surface area contributed by atoms with Gasteiger partial charge < -0.3 is 15.8 Å². The Kier molecular flexibility index (Phi) is 3.77. The molecule has 1 rings (SSSR count). The Labute approximate surface area is 101 Å². The topological polar surface area (TPSA) is 82.2 Å². The molecule has 0 fully saturated rings. The van der Waals surface area contributed by atoms with E-state index in [0.717, 1.165) is 0 Å². The van der Waals surface area contributed by atoms with E-state index in [4.69, 9.17) is 10.5 Å². The minimum absolute atomic E-state index is 0.00678. The molecule has 6 heteroatoms. The van der Waals surface area contributed by atoms with Crippen molar-refractivity contribution in [3.63, 3.8) is 0 Å². The van der Waals surface area contributed by atoms with E-state index in [2.05, 4.69) is 10.4 Å². The molecule has 1 aromatic rings. The normalized spacial score (nSPS) is 11.6. The Bertz CT molecular complexity index is 418. The minimum atomic E-state index is -0.342. The van der Waals surface area contributed by atoms with Gasteiger partial charge in [0.2, 0.25) is 0 Å². The number of nitrogen functional groups attached to an aromatic ring is 1. The van der Waals surface area contributed by atoms with Crippen molar-refractivity contribution in [3.05, 3.63) is 5.69 Å². The molecule has 0 atom stereocenters. The van der Waals surface area contributed by atoms with Crippen LogP contribution >= 0.6 is 0 Å². The van der Waals surface area contributed by atoms with Gasteiger partial charge in [0.15, 0.2) is 5.82 Å². The van der Waals surface area contributed by atoms with Crippen LogP contribution in [0.4, 0.5) is 11.5 Å². The molecule has 3 N–H and O–H groups in total. The lowest BCUT2D eigenvalue weighted by atomic mass is 10.2. The first-order valence-electron chi connectivity index (χ1n) is 5.43. The number of hydrogen-bond donors (Lipinski definition) is 2. The Morgan fingerprint density at radius 1 is 1.53 bits per heavy atom. The summed E-state index contributed by atoms with van der Waals surface area (Å²) < 4.78 is 6.91. The molecule has 0 saturated heterocycles. The molecule has 0 unspecified atom stereocenters. The van der Waals surface area contributed by atoms with Crippen LogP contribution < -0.4 is 11.1 Å². The highest BCUT2D eigenvalue weighted by molar-refractivity contribution is 5.93. The molecule has 0 bridgehead atoms. The molecule has 0 spiro atoms. The predicted octanol–water partition coefficient (Wildman–Crippen LogP) is 1.06. The summed E-state index contributed by atoms with van der Waals surface area (Å²) in [6, 6.07) is 0. The van der Waals surface area contributed by atoms with E-state index in [1.807, 2.05) is 20.8 Å². The monoisotopic (exact) mass is 240 g/mol. The zero-order valence-corrected chi connectivity index (χ0v) is 11.0. The van der Waals surface area contributed by atoms with Gasteiger partial charge in [0, 0.05) is 7.05 Å². The van der Waals surface area contributed by atoms with Crippen molar-refractivity contribution in [3.8, 4) is 0 Å². The second-order valence-electron chi connectivity index (χ2n) is 4.92. The van der Waals surface area contributed by atoms with Crippen LogP contribution in [0, 0.1) is 6.92 Å². The van der Waals surface area contributed by atoms with E-state index >= 15 is 0 Å². The molecule has 1 amide bonds. The fourth-order valence-electron chi connectivity index (χ4n) is 1.27. The van der Waals surface area contributed by atoms with Crippen molar-refractivity contribution in [1.82, 2.24) is 9.78 Å². The summed E-state index contributed by atoms with van der Waals surface area (Å²) in [7, 11) is 1.73. The number of carbonyl (C=O) groups excluding carboxylic acids is 1. The maximum atomic E-state index is 11.6. The number of nitrogens with one attached hydrogen (secondary N) is 1. The number of ether oxygens (including phenoxy) is 1. The third kappa shape index (κ3) is 3.74. The first-order valence-corrected chi connectivity index (χ1v) is 5.43. The number of carbonyl (C=O) groups is 1. The summed E-state index contributed by atoms with van der Waals surface area (Å²) in [5.74, 6) is 0.264. The molecule has 0 aliphatic carbocycles. The predicted molar refractivity (Wildman–Crippen MR) is 66.7 cm³/mol.